The largest absolute Gasteiger partial charge is 0.397 e. The quantitative estimate of drug-likeness (QED) is 0.530. The van der Waals surface area contributed by atoms with Crippen molar-refractivity contribution in [2.45, 2.75) is 20.4 Å². The molecule has 4 heteroatoms. The first kappa shape index (κ1) is 21.9. The summed E-state index contributed by atoms with van der Waals surface area (Å²) in [5.41, 5.74) is 13.2. The second-order valence-electron chi connectivity index (χ2n) is 6.98. The Bertz CT molecular complexity index is 937. The standard InChI is InChI=1S/C25H32N4/c1-7-24(26)20(4)29(6)25(15-19(3)23-14-9-8-11-18(23)2)28-17-21-12-10-13-22(16-21)27-5/h7-16,27-28H,1,3,17,26H2,2,4-6H3/b24-20+,25-15-. The molecule has 2 rings (SSSR count). The maximum absolute atomic E-state index is 6.10. The summed E-state index contributed by atoms with van der Waals surface area (Å²) < 4.78 is 0. The lowest BCUT2D eigenvalue weighted by atomic mass is 10.0. The van der Waals surface area contributed by atoms with Gasteiger partial charge in [0.25, 0.3) is 0 Å². The number of nitrogens with two attached hydrogens (primary N) is 1. The van der Waals surface area contributed by atoms with E-state index in [0.29, 0.717) is 12.2 Å². The number of benzene rings is 2. The lowest BCUT2D eigenvalue weighted by Crippen LogP contribution is -2.29. The number of rotatable bonds is 9. The van der Waals surface area contributed by atoms with Crippen LogP contribution in [0, 0.1) is 6.92 Å². The van der Waals surface area contributed by atoms with Crippen LogP contribution in [-0.2, 0) is 6.54 Å². The highest BCUT2D eigenvalue weighted by Gasteiger charge is 2.11. The third kappa shape index (κ3) is 5.79. The number of nitrogens with zero attached hydrogens (tertiary/aromatic N) is 1. The Kier molecular flexibility index (Phi) is 7.72. The fourth-order valence-corrected chi connectivity index (χ4v) is 2.99. The van der Waals surface area contributed by atoms with Gasteiger partial charge < -0.3 is 21.3 Å². The summed E-state index contributed by atoms with van der Waals surface area (Å²) in [7, 11) is 3.91. The van der Waals surface area contributed by atoms with Gasteiger partial charge in [-0.15, -0.1) is 0 Å². The first-order valence-electron chi connectivity index (χ1n) is 9.67. The molecule has 29 heavy (non-hydrogen) atoms. The lowest BCUT2D eigenvalue weighted by Gasteiger charge is -2.26. The number of hydrogen-bond donors (Lipinski definition) is 3. The van der Waals surface area contributed by atoms with Crippen LogP contribution in [0.2, 0.25) is 0 Å². The Morgan fingerprint density at radius 1 is 1.17 bits per heavy atom. The molecule has 0 saturated carbocycles. The number of anilines is 1. The Labute approximate surface area is 175 Å². The van der Waals surface area contributed by atoms with Gasteiger partial charge in [-0.3, -0.25) is 0 Å². The molecular formula is C25H32N4. The smallest absolute Gasteiger partial charge is 0.106 e. The highest BCUT2D eigenvalue weighted by Crippen LogP contribution is 2.21. The number of aryl methyl sites for hydroxylation is 1. The monoisotopic (exact) mass is 388 g/mol. The molecule has 0 aromatic heterocycles. The van der Waals surface area contributed by atoms with E-state index < -0.39 is 0 Å². The minimum atomic E-state index is 0.638. The molecule has 0 aliphatic heterocycles. The van der Waals surface area contributed by atoms with Gasteiger partial charge in [0.1, 0.15) is 5.82 Å². The van der Waals surface area contributed by atoms with E-state index >= 15 is 0 Å². The summed E-state index contributed by atoms with van der Waals surface area (Å²) in [6.07, 6.45) is 3.72. The molecule has 0 atom stereocenters. The van der Waals surface area contributed by atoms with Crippen LogP contribution in [0.3, 0.4) is 0 Å². The summed E-state index contributed by atoms with van der Waals surface area (Å²) in [6.45, 7) is 12.8. The average molecular weight is 389 g/mol. The van der Waals surface area contributed by atoms with E-state index in [1.54, 1.807) is 6.08 Å². The summed E-state index contributed by atoms with van der Waals surface area (Å²) >= 11 is 0. The molecule has 0 amide bonds. The first-order valence-corrected chi connectivity index (χ1v) is 9.67. The average Bonchev–Trinajstić information content (AvgIpc) is 2.75. The van der Waals surface area contributed by atoms with Crippen LogP contribution in [0.5, 0.6) is 0 Å². The summed E-state index contributed by atoms with van der Waals surface area (Å²) in [6, 6.07) is 16.6. The molecule has 0 bridgehead atoms. The zero-order valence-corrected chi connectivity index (χ0v) is 17.9. The van der Waals surface area contributed by atoms with Crippen LogP contribution in [-0.4, -0.2) is 19.0 Å². The van der Waals surface area contributed by atoms with Crippen LogP contribution in [0.1, 0.15) is 23.6 Å². The van der Waals surface area contributed by atoms with Crippen LogP contribution in [0.15, 0.2) is 91.1 Å². The molecule has 0 unspecified atom stereocenters. The van der Waals surface area contributed by atoms with Gasteiger partial charge in [-0.2, -0.15) is 0 Å². The molecule has 0 heterocycles. The van der Waals surface area contributed by atoms with Crippen molar-refractivity contribution < 1.29 is 0 Å². The second kappa shape index (κ2) is 10.2. The minimum absolute atomic E-state index is 0.638. The molecule has 0 spiro atoms. The predicted molar refractivity (Wildman–Crippen MR) is 126 cm³/mol. The van der Waals surface area contributed by atoms with Crippen LogP contribution in [0.4, 0.5) is 5.69 Å². The maximum Gasteiger partial charge on any atom is 0.106 e. The molecule has 4 N–H and O–H groups in total. The van der Waals surface area contributed by atoms with Gasteiger partial charge in [-0.05, 0) is 60.4 Å². The van der Waals surface area contributed by atoms with E-state index in [2.05, 4.69) is 61.1 Å². The van der Waals surface area contributed by atoms with Crippen molar-refractivity contribution >= 4 is 11.3 Å². The fraction of sp³-hybridized carbons (Fsp3) is 0.200. The Hall–Kier alpha value is -3.40. The second-order valence-corrected chi connectivity index (χ2v) is 6.98. The molecular weight excluding hydrogens is 356 g/mol. The normalized spacial score (nSPS) is 12.1. The van der Waals surface area contributed by atoms with Gasteiger partial charge in [0.15, 0.2) is 0 Å². The van der Waals surface area contributed by atoms with Crippen LogP contribution < -0.4 is 16.4 Å². The predicted octanol–water partition coefficient (Wildman–Crippen LogP) is 4.99. The van der Waals surface area contributed by atoms with Gasteiger partial charge >= 0.3 is 0 Å². The summed E-state index contributed by atoms with van der Waals surface area (Å²) in [5, 5.41) is 6.72. The third-order valence-corrected chi connectivity index (χ3v) is 4.99. The van der Waals surface area contributed by atoms with E-state index in [1.807, 2.05) is 50.2 Å². The molecule has 0 fully saturated rings. The van der Waals surface area contributed by atoms with Crippen molar-refractivity contribution in [2.24, 2.45) is 5.73 Å². The zero-order valence-electron chi connectivity index (χ0n) is 17.9. The van der Waals surface area contributed by atoms with E-state index in [1.165, 1.54) is 11.1 Å². The van der Waals surface area contributed by atoms with Gasteiger partial charge in [-0.1, -0.05) is 49.6 Å². The molecule has 0 radical (unpaired) electrons. The summed E-state index contributed by atoms with van der Waals surface area (Å²) in [5.74, 6) is 0.912. The summed E-state index contributed by atoms with van der Waals surface area (Å²) in [4.78, 5) is 2.03. The maximum atomic E-state index is 6.10. The van der Waals surface area contributed by atoms with Crippen LogP contribution >= 0.6 is 0 Å². The van der Waals surface area contributed by atoms with Gasteiger partial charge in [0.2, 0.25) is 0 Å². The van der Waals surface area contributed by atoms with E-state index in [4.69, 9.17) is 5.73 Å². The molecule has 0 aliphatic carbocycles. The Morgan fingerprint density at radius 3 is 2.55 bits per heavy atom. The third-order valence-electron chi connectivity index (χ3n) is 4.99. The molecule has 2 aromatic rings. The molecule has 4 nitrogen and oxygen atoms in total. The Morgan fingerprint density at radius 2 is 1.90 bits per heavy atom. The van der Waals surface area contributed by atoms with E-state index in [0.717, 1.165) is 28.3 Å². The van der Waals surface area contributed by atoms with Crippen LogP contribution in [0.25, 0.3) is 5.57 Å². The SMILES string of the molecule is C=C/C(N)=C(/C)N(C)/C(=C\C(=C)c1ccccc1C)NCc1cccc(NC)c1. The highest BCUT2D eigenvalue weighted by molar-refractivity contribution is 5.74. The van der Waals surface area contributed by atoms with Gasteiger partial charge in [0.05, 0.1) is 5.70 Å². The molecule has 0 saturated heterocycles. The van der Waals surface area contributed by atoms with Crippen molar-refractivity contribution in [3.05, 3.63) is 108 Å². The molecule has 2 aromatic carbocycles. The lowest BCUT2D eigenvalue weighted by molar-refractivity contribution is 0.463. The van der Waals surface area contributed by atoms with Crippen molar-refractivity contribution in [3.8, 4) is 0 Å². The van der Waals surface area contributed by atoms with E-state index in [-0.39, 0.29) is 0 Å². The Balaban J connectivity index is 2.35. The fourth-order valence-electron chi connectivity index (χ4n) is 2.99. The first-order chi connectivity index (χ1) is 13.9. The minimum Gasteiger partial charge on any atom is -0.397 e. The zero-order chi connectivity index (χ0) is 21.4. The van der Waals surface area contributed by atoms with Crippen molar-refractivity contribution in [2.75, 3.05) is 19.4 Å². The van der Waals surface area contributed by atoms with Crippen molar-refractivity contribution in [1.29, 1.82) is 0 Å². The number of allylic oxidation sites excluding steroid dienone is 4. The molecule has 152 valence electrons. The topological polar surface area (TPSA) is 53.3 Å². The van der Waals surface area contributed by atoms with Gasteiger partial charge in [-0.25, -0.2) is 0 Å². The number of nitrogens with one attached hydrogen (secondary N) is 2. The highest BCUT2D eigenvalue weighted by atomic mass is 15.2. The molecule has 0 aliphatic rings. The van der Waals surface area contributed by atoms with Gasteiger partial charge in [0, 0.05) is 32.0 Å². The van der Waals surface area contributed by atoms with Crippen molar-refractivity contribution in [3.63, 3.8) is 0 Å². The number of hydrogen-bond acceptors (Lipinski definition) is 4. The van der Waals surface area contributed by atoms with E-state index in [9.17, 15) is 0 Å². The van der Waals surface area contributed by atoms with Crippen molar-refractivity contribution in [1.82, 2.24) is 10.2 Å².